The summed E-state index contributed by atoms with van der Waals surface area (Å²) in [6.45, 7) is 29.5. The highest BCUT2D eigenvalue weighted by molar-refractivity contribution is 6.74. The lowest BCUT2D eigenvalue weighted by atomic mass is 9.85. The first-order chi connectivity index (χ1) is 17.5. The smallest absolute Gasteiger partial charge is 0.250 e. The van der Waals surface area contributed by atoms with Gasteiger partial charge in [0, 0.05) is 5.56 Å². The molecule has 0 unspecified atom stereocenters. The quantitative estimate of drug-likeness (QED) is 0.206. The van der Waals surface area contributed by atoms with Crippen LogP contribution in [0.4, 0.5) is 0 Å². The van der Waals surface area contributed by atoms with Crippen molar-refractivity contribution in [1.29, 1.82) is 0 Å². The molecule has 2 rings (SSSR count). The summed E-state index contributed by atoms with van der Waals surface area (Å²) in [7, 11) is -1.91. The monoisotopic (exact) mass is 538 g/mol. The van der Waals surface area contributed by atoms with Crippen LogP contribution in [0.15, 0.2) is 34.9 Å². The van der Waals surface area contributed by atoms with Gasteiger partial charge in [0.1, 0.15) is 17.1 Å². The van der Waals surface area contributed by atoms with E-state index >= 15 is 0 Å². The number of rotatable bonds is 11. The Morgan fingerprint density at radius 1 is 0.868 bits per heavy atom. The summed E-state index contributed by atoms with van der Waals surface area (Å²) < 4.78 is 13.7. The predicted molar refractivity (Wildman–Crippen MR) is 170 cm³/mol. The van der Waals surface area contributed by atoms with Crippen LogP contribution < -0.4 is 9.16 Å². The molecular formula is C35H58O2Si. The van der Waals surface area contributed by atoms with Crippen molar-refractivity contribution in [3.05, 3.63) is 57.2 Å². The van der Waals surface area contributed by atoms with E-state index < -0.39 is 8.32 Å². The lowest BCUT2D eigenvalue weighted by molar-refractivity contribution is 0.0559. The van der Waals surface area contributed by atoms with Crippen molar-refractivity contribution in [2.24, 2.45) is 0 Å². The zero-order valence-corrected chi connectivity index (χ0v) is 28.2. The van der Waals surface area contributed by atoms with Crippen molar-refractivity contribution in [3.63, 3.8) is 0 Å². The summed E-state index contributed by atoms with van der Waals surface area (Å²) in [6.07, 6.45) is 16.1. The molecule has 1 heterocycles. The Hall–Kier alpha value is -1.74. The van der Waals surface area contributed by atoms with E-state index in [1.807, 2.05) is 0 Å². The van der Waals surface area contributed by atoms with Crippen molar-refractivity contribution in [1.82, 2.24) is 0 Å². The molecule has 0 aliphatic carbocycles. The molecule has 3 heteroatoms. The zero-order valence-electron chi connectivity index (χ0n) is 27.2. The van der Waals surface area contributed by atoms with Gasteiger partial charge >= 0.3 is 0 Å². The van der Waals surface area contributed by atoms with Crippen molar-refractivity contribution < 1.29 is 9.16 Å². The van der Waals surface area contributed by atoms with Crippen LogP contribution in [0, 0.1) is 20.8 Å². The van der Waals surface area contributed by atoms with E-state index in [2.05, 4.69) is 107 Å². The summed E-state index contributed by atoms with van der Waals surface area (Å²) >= 11 is 0. The van der Waals surface area contributed by atoms with Crippen LogP contribution in [0.5, 0.6) is 11.5 Å². The minimum atomic E-state index is -1.91. The molecule has 214 valence electrons. The molecule has 0 N–H and O–H groups in total. The highest BCUT2D eigenvalue weighted by Gasteiger charge is 2.41. The summed E-state index contributed by atoms with van der Waals surface area (Å²) in [6, 6.07) is 0. The summed E-state index contributed by atoms with van der Waals surface area (Å²) in [4.78, 5) is 0. The molecule has 1 aliphatic heterocycles. The fourth-order valence-corrected chi connectivity index (χ4v) is 6.10. The molecule has 2 nitrogen and oxygen atoms in total. The summed E-state index contributed by atoms with van der Waals surface area (Å²) in [5, 5.41) is 0.178. The Bertz CT molecular complexity index is 1060. The topological polar surface area (TPSA) is 18.5 Å². The lowest BCUT2D eigenvalue weighted by Crippen LogP contribution is -2.44. The number of benzene rings is 1. The van der Waals surface area contributed by atoms with Crippen LogP contribution in [0.25, 0.3) is 0 Å². The second-order valence-electron chi connectivity index (χ2n) is 13.9. The van der Waals surface area contributed by atoms with Crippen molar-refractivity contribution in [2.45, 2.75) is 151 Å². The maximum absolute atomic E-state index is 6.86. The van der Waals surface area contributed by atoms with Crippen molar-refractivity contribution >= 4 is 8.32 Å². The third-order valence-electron chi connectivity index (χ3n) is 9.02. The fraction of sp³-hybridized carbons (Fsp3) is 0.657. The Labute approximate surface area is 237 Å². The first-order valence-electron chi connectivity index (χ1n) is 14.9. The van der Waals surface area contributed by atoms with E-state index in [0.29, 0.717) is 0 Å². The molecule has 0 fully saturated rings. The molecule has 0 aromatic heterocycles. The van der Waals surface area contributed by atoms with Gasteiger partial charge in [-0.25, -0.2) is 0 Å². The Morgan fingerprint density at radius 3 is 1.97 bits per heavy atom. The molecular weight excluding hydrogens is 480 g/mol. The first kappa shape index (κ1) is 32.5. The lowest BCUT2D eigenvalue weighted by Gasteiger charge is -2.41. The molecule has 38 heavy (non-hydrogen) atoms. The molecule has 0 radical (unpaired) electrons. The molecule has 1 aliphatic rings. The van der Waals surface area contributed by atoms with Crippen LogP contribution in [0.2, 0.25) is 18.1 Å². The molecule has 0 amide bonds. The van der Waals surface area contributed by atoms with Crippen LogP contribution in [-0.4, -0.2) is 13.9 Å². The van der Waals surface area contributed by atoms with Gasteiger partial charge in [0.05, 0.1) is 0 Å². The summed E-state index contributed by atoms with van der Waals surface area (Å²) in [5.74, 6) is 2.23. The molecule has 1 atom stereocenters. The van der Waals surface area contributed by atoms with Crippen LogP contribution >= 0.6 is 0 Å². The van der Waals surface area contributed by atoms with E-state index in [1.165, 1.54) is 45.4 Å². The van der Waals surface area contributed by atoms with Gasteiger partial charge in [-0.3, -0.25) is 0 Å². The number of fused-ring (bicyclic) bond motifs is 1. The highest BCUT2D eigenvalue weighted by atomic mass is 28.4. The Balaban J connectivity index is 2.04. The normalized spacial score (nSPS) is 18.7. The molecule has 1 aromatic carbocycles. The van der Waals surface area contributed by atoms with E-state index in [1.54, 1.807) is 0 Å². The van der Waals surface area contributed by atoms with Gasteiger partial charge in [-0.05, 0) is 142 Å². The van der Waals surface area contributed by atoms with E-state index in [4.69, 9.17) is 9.16 Å². The second-order valence-corrected chi connectivity index (χ2v) is 18.6. The first-order valence-corrected chi connectivity index (χ1v) is 17.8. The molecule has 0 spiro atoms. The second kappa shape index (κ2) is 13.1. The van der Waals surface area contributed by atoms with Crippen LogP contribution in [0.1, 0.15) is 123 Å². The number of hydrogen-bond donors (Lipinski definition) is 0. The van der Waals surface area contributed by atoms with Crippen LogP contribution in [-0.2, 0) is 6.42 Å². The van der Waals surface area contributed by atoms with Gasteiger partial charge in [0.2, 0.25) is 0 Å². The highest BCUT2D eigenvalue weighted by Crippen LogP contribution is 2.47. The van der Waals surface area contributed by atoms with E-state index in [9.17, 15) is 0 Å². The van der Waals surface area contributed by atoms with Gasteiger partial charge in [-0.2, -0.15) is 0 Å². The third-order valence-corrected chi connectivity index (χ3v) is 13.3. The average Bonchev–Trinajstić information content (AvgIpc) is 2.79. The molecule has 0 saturated carbocycles. The molecule has 0 saturated heterocycles. The SMILES string of the molecule is CC(C)=CCC/C(C)=C/CC/C(C)=C/CC[C@@]1(C)CCc2c(C)c(O[Si](C)(C)C(C)(C)C)c(C)c(C)c2O1. The van der Waals surface area contributed by atoms with Gasteiger partial charge in [0.25, 0.3) is 8.32 Å². The Kier molecular flexibility index (Phi) is 11.2. The Morgan fingerprint density at radius 2 is 1.42 bits per heavy atom. The van der Waals surface area contributed by atoms with Gasteiger partial charge in [-0.1, -0.05) is 55.7 Å². The third kappa shape index (κ3) is 8.63. The number of ether oxygens (including phenoxy) is 1. The minimum Gasteiger partial charge on any atom is -0.543 e. The maximum atomic E-state index is 6.86. The van der Waals surface area contributed by atoms with E-state index in [-0.39, 0.29) is 10.6 Å². The minimum absolute atomic E-state index is 0.114. The van der Waals surface area contributed by atoms with Crippen LogP contribution in [0.3, 0.4) is 0 Å². The number of hydrogen-bond acceptors (Lipinski definition) is 2. The van der Waals surface area contributed by atoms with Crippen molar-refractivity contribution in [3.8, 4) is 11.5 Å². The predicted octanol–water partition coefficient (Wildman–Crippen LogP) is 11.3. The van der Waals surface area contributed by atoms with Gasteiger partial charge < -0.3 is 9.16 Å². The van der Waals surface area contributed by atoms with Gasteiger partial charge in [-0.15, -0.1) is 0 Å². The van der Waals surface area contributed by atoms with Crippen molar-refractivity contribution in [2.75, 3.05) is 0 Å². The van der Waals surface area contributed by atoms with E-state index in [0.717, 1.165) is 56.4 Å². The largest absolute Gasteiger partial charge is 0.543 e. The zero-order chi connectivity index (χ0) is 28.9. The fourth-order valence-electron chi connectivity index (χ4n) is 4.98. The average molecular weight is 539 g/mol. The standard InChI is InChI=1S/C35H58O2Si/c1-25(2)17-14-18-26(3)19-15-20-27(4)21-16-23-35(11)24-22-31-30(7)32(28(5)29(6)33(31)36-35)37-38(12,13)34(8,9)10/h17,19,21H,14-16,18,20,22-24H2,1-13H3/b26-19+,27-21+/t35-/m0/s1. The van der Waals surface area contributed by atoms with Gasteiger partial charge in [0.15, 0.2) is 0 Å². The number of allylic oxidation sites excluding steroid dienone is 6. The maximum Gasteiger partial charge on any atom is 0.250 e. The molecule has 0 bridgehead atoms. The summed E-state index contributed by atoms with van der Waals surface area (Å²) in [5.41, 5.74) is 9.45. The molecule has 1 aromatic rings.